The van der Waals surface area contributed by atoms with Gasteiger partial charge < -0.3 is 15.2 Å². The predicted octanol–water partition coefficient (Wildman–Crippen LogP) is 3.43. The van der Waals surface area contributed by atoms with Crippen LogP contribution in [0.3, 0.4) is 0 Å². The molecule has 0 spiro atoms. The lowest BCUT2D eigenvalue weighted by Crippen LogP contribution is -2.33. The number of nitro benzene ring substituents is 1. The van der Waals surface area contributed by atoms with Crippen LogP contribution in [0.15, 0.2) is 66.7 Å². The number of carboxylic acids is 1. The van der Waals surface area contributed by atoms with E-state index in [2.05, 4.69) is 17.4 Å². The third-order valence-electron chi connectivity index (χ3n) is 6.12. The van der Waals surface area contributed by atoms with Crippen molar-refractivity contribution in [2.24, 2.45) is 5.92 Å². The number of nitrogens with one attached hydrogen (secondary N) is 1. The van der Waals surface area contributed by atoms with Crippen LogP contribution < -0.4 is 10.4 Å². The summed E-state index contributed by atoms with van der Waals surface area (Å²) < 4.78 is 0. The van der Waals surface area contributed by atoms with Gasteiger partial charge in [-0.25, -0.2) is 0 Å². The Labute approximate surface area is 167 Å². The third kappa shape index (κ3) is 2.68. The number of aromatic carboxylic acids is 1. The van der Waals surface area contributed by atoms with Gasteiger partial charge in [-0.3, -0.25) is 10.1 Å². The molecule has 29 heavy (non-hydrogen) atoms. The number of para-hydroxylation sites is 1. The number of carbonyl (C=O) groups is 1. The molecule has 5 rings (SSSR count). The van der Waals surface area contributed by atoms with Gasteiger partial charge in [0.1, 0.15) is 0 Å². The first-order valence-electron chi connectivity index (χ1n) is 9.47. The molecule has 0 aromatic heterocycles. The van der Waals surface area contributed by atoms with Gasteiger partial charge >= 0.3 is 0 Å². The van der Waals surface area contributed by atoms with E-state index in [1.807, 2.05) is 18.2 Å². The van der Waals surface area contributed by atoms with Crippen molar-refractivity contribution in [1.82, 2.24) is 0 Å². The van der Waals surface area contributed by atoms with Crippen molar-refractivity contribution in [3.05, 3.63) is 105 Å². The summed E-state index contributed by atoms with van der Waals surface area (Å²) in [6, 6.07) is 19.9. The summed E-state index contributed by atoms with van der Waals surface area (Å²) >= 11 is 0. The summed E-state index contributed by atoms with van der Waals surface area (Å²) in [7, 11) is 0. The first-order chi connectivity index (χ1) is 14.0. The fraction of sp³-hybridized carbons (Fsp3) is 0.174. The zero-order chi connectivity index (χ0) is 20.1. The summed E-state index contributed by atoms with van der Waals surface area (Å²) in [6.07, 6.45) is 0.852. The number of anilines is 1. The number of non-ortho nitro benzene ring substituents is 1. The van der Waals surface area contributed by atoms with E-state index in [9.17, 15) is 20.0 Å². The average molecular weight is 385 g/mol. The van der Waals surface area contributed by atoms with Gasteiger partial charge in [-0.1, -0.05) is 54.6 Å². The highest BCUT2D eigenvalue weighted by Crippen LogP contribution is 2.54. The fourth-order valence-electron chi connectivity index (χ4n) is 4.89. The molecule has 3 aromatic carbocycles. The lowest BCUT2D eigenvalue weighted by molar-refractivity contribution is -0.384. The van der Waals surface area contributed by atoms with Crippen LogP contribution in [0.4, 0.5) is 11.4 Å². The van der Waals surface area contributed by atoms with Crippen molar-refractivity contribution in [1.29, 1.82) is 0 Å². The molecule has 144 valence electrons. The van der Waals surface area contributed by atoms with Crippen LogP contribution in [-0.4, -0.2) is 10.9 Å². The highest BCUT2D eigenvalue weighted by Gasteiger charge is 2.43. The summed E-state index contributed by atoms with van der Waals surface area (Å²) in [4.78, 5) is 22.3. The molecule has 0 saturated carbocycles. The summed E-state index contributed by atoms with van der Waals surface area (Å²) in [5.74, 6) is -0.984. The van der Waals surface area contributed by atoms with Crippen LogP contribution in [0.1, 0.15) is 44.6 Å². The molecule has 1 heterocycles. The van der Waals surface area contributed by atoms with Crippen molar-refractivity contribution in [2.45, 2.75) is 18.4 Å². The van der Waals surface area contributed by atoms with Gasteiger partial charge in [0.2, 0.25) is 0 Å². The molecule has 2 aliphatic rings. The average Bonchev–Trinajstić information content (AvgIpc) is 3.12. The van der Waals surface area contributed by atoms with Crippen molar-refractivity contribution in [3.8, 4) is 0 Å². The van der Waals surface area contributed by atoms with E-state index < -0.39 is 10.9 Å². The van der Waals surface area contributed by atoms with E-state index in [0.29, 0.717) is 5.69 Å². The predicted molar refractivity (Wildman–Crippen MR) is 106 cm³/mol. The van der Waals surface area contributed by atoms with Gasteiger partial charge in [0.05, 0.1) is 16.9 Å². The lowest BCUT2D eigenvalue weighted by Gasteiger charge is -2.39. The molecule has 3 aromatic rings. The Bertz CT molecular complexity index is 1140. The molecule has 1 aliphatic carbocycles. The van der Waals surface area contributed by atoms with Gasteiger partial charge in [-0.05, 0) is 34.6 Å². The third-order valence-corrected chi connectivity index (χ3v) is 6.12. The standard InChI is InChI=1S/C23H18N2O4/c26-23(27)18-7-3-6-17-20-16-5-2-1-4-14(16)12-19(20)21(24-22(17)18)13-8-10-15(11-9-13)25(28)29/h1-11,19-21,24H,12H2,(H,26,27)/p-1/t19-,20-,21+/m0/s1. The minimum Gasteiger partial charge on any atom is -0.545 e. The Balaban J connectivity index is 1.67. The van der Waals surface area contributed by atoms with E-state index in [-0.39, 0.29) is 29.1 Å². The number of rotatable bonds is 3. The molecule has 6 heteroatoms. The molecule has 0 saturated heterocycles. The van der Waals surface area contributed by atoms with Crippen LogP contribution in [0.25, 0.3) is 0 Å². The maximum absolute atomic E-state index is 11.7. The summed E-state index contributed by atoms with van der Waals surface area (Å²) in [5.41, 5.74) is 5.07. The summed E-state index contributed by atoms with van der Waals surface area (Å²) in [6.45, 7) is 0. The molecule has 0 bridgehead atoms. The zero-order valence-electron chi connectivity index (χ0n) is 15.4. The second kappa shape index (κ2) is 6.44. The number of carbonyl (C=O) groups excluding carboxylic acids is 1. The van der Waals surface area contributed by atoms with E-state index >= 15 is 0 Å². The number of hydrogen-bond acceptors (Lipinski definition) is 5. The maximum Gasteiger partial charge on any atom is 0.269 e. The van der Waals surface area contributed by atoms with Crippen LogP contribution in [0, 0.1) is 16.0 Å². The number of fused-ring (bicyclic) bond motifs is 5. The Kier molecular flexibility index (Phi) is 3.87. The number of hydrogen-bond donors (Lipinski definition) is 1. The van der Waals surface area contributed by atoms with E-state index in [1.54, 1.807) is 24.3 Å². The smallest absolute Gasteiger partial charge is 0.269 e. The molecule has 3 atom stereocenters. The van der Waals surface area contributed by atoms with Gasteiger partial charge in [0.25, 0.3) is 5.69 Å². The van der Waals surface area contributed by atoms with Crippen LogP contribution in [0.5, 0.6) is 0 Å². The lowest BCUT2D eigenvalue weighted by atomic mass is 9.75. The fourth-order valence-corrected chi connectivity index (χ4v) is 4.89. The molecule has 1 aliphatic heterocycles. The number of carboxylic acid groups (broad SMARTS) is 1. The van der Waals surface area contributed by atoms with Crippen molar-refractivity contribution in [3.63, 3.8) is 0 Å². The summed E-state index contributed by atoms with van der Waals surface area (Å²) in [5, 5.41) is 26.2. The Morgan fingerprint density at radius 1 is 0.966 bits per heavy atom. The van der Waals surface area contributed by atoms with Crippen molar-refractivity contribution < 1.29 is 14.8 Å². The molecular weight excluding hydrogens is 368 g/mol. The van der Waals surface area contributed by atoms with E-state index in [0.717, 1.165) is 17.5 Å². The second-order valence-corrected chi connectivity index (χ2v) is 7.57. The first kappa shape index (κ1) is 17.4. The number of nitrogens with zero attached hydrogens (tertiary/aromatic N) is 1. The molecule has 0 radical (unpaired) electrons. The molecule has 0 fully saturated rings. The quantitative estimate of drug-likeness (QED) is 0.550. The van der Waals surface area contributed by atoms with E-state index in [4.69, 9.17) is 0 Å². The number of nitro groups is 1. The zero-order valence-corrected chi connectivity index (χ0v) is 15.4. The minimum absolute atomic E-state index is 0.0339. The van der Waals surface area contributed by atoms with Gasteiger partial charge in [0, 0.05) is 29.3 Å². The van der Waals surface area contributed by atoms with Gasteiger partial charge in [-0.2, -0.15) is 0 Å². The van der Waals surface area contributed by atoms with Crippen molar-refractivity contribution >= 4 is 17.3 Å². The normalized spacial score (nSPS) is 21.4. The Hall–Kier alpha value is -3.67. The number of benzene rings is 3. The molecule has 1 N–H and O–H groups in total. The van der Waals surface area contributed by atoms with Gasteiger partial charge in [-0.15, -0.1) is 0 Å². The van der Waals surface area contributed by atoms with Crippen LogP contribution >= 0.6 is 0 Å². The van der Waals surface area contributed by atoms with Gasteiger partial charge in [0.15, 0.2) is 0 Å². The topological polar surface area (TPSA) is 95.3 Å². The monoisotopic (exact) mass is 385 g/mol. The molecule has 0 unspecified atom stereocenters. The second-order valence-electron chi connectivity index (χ2n) is 7.57. The largest absolute Gasteiger partial charge is 0.545 e. The SMILES string of the molecule is O=C([O-])c1cccc2c1N[C@H](c1ccc([N+](=O)[O-])cc1)[C@H]1Cc3ccccc3[C@@H]21. The Morgan fingerprint density at radius 2 is 1.69 bits per heavy atom. The molecule has 6 nitrogen and oxygen atoms in total. The van der Waals surface area contributed by atoms with Crippen molar-refractivity contribution in [2.75, 3.05) is 5.32 Å². The highest BCUT2D eigenvalue weighted by atomic mass is 16.6. The maximum atomic E-state index is 11.7. The first-order valence-corrected chi connectivity index (χ1v) is 9.47. The molecule has 0 amide bonds. The molecular formula is C23H17N2O4-. The van der Waals surface area contributed by atoms with Crippen LogP contribution in [-0.2, 0) is 6.42 Å². The highest BCUT2D eigenvalue weighted by molar-refractivity contribution is 5.94. The van der Waals surface area contributed by atoms with Crippen LogP contribution in [0.2, 0.25) is 0 Å². The minimum atomic E-state index is -1.22. The van der Waals surface area contributed by atoms with E-state index in [1.165, 1.54) is 23.3 Å². The Morgan fingerprint density at radius 3 is 2.41 bits per heavy atom.